The average molecular weight is 479 g/mol. The molecule has 1 fully saturated rings. The zero-order valence-electron chi connectivity index (χ0n) is 18.8. The highest BCUT2D eigenvalue weighted by Crippen LogP contribution is 2.36. The molecule has 0 amide bonds. The van der Waals surface area contributed by atoms with E-state index in [4.69, 9.17) is 25.8 Å². The maximum Gasteiger partial charge on any atom is 0.168 e. The molecule has 1 unspecified atom stereocenters. The van der Waals surface area contributed by atoms with Crippen LogP contribution in [-0.2, 0) is 4.74 Å². The van der Waals surface area contributed by atoms with Crippen molar-refractivity contribution in [2.45, 2.75) is 25.5 Å². The Morgan fingerprint density at radius 3 is 2.76 bits per heavy atom. The summed E-state index contributed by atoms with van der Waals surface area (Å²) in [6.45, 7) is 5.96. The van der Waals surface area contributed by atoms with Crippen LogP contribution < -0.4 is 14.8 Å². The Kier molecular flexibility index (Phi) is 6.56. The zero-order valence-corrected chi connectivity index (χ0v) is 19.5. The van der Waals surface area contributed by atoms with Crippen molar-refractivity contribution in [3.63, 3.8) is 0 Å². The lowest BCUT2D eigenvalue weighted by Gasteiger charge is -2.43. The molecule has 2 aromatic carbocycles. The molecule has 1 aromatic heterocycles. The Morgan fingerprint density at radius 2 is 2.03 bits per heavy atom. The fourth-order valence-corrected chi connectivity index (χ4v) is 3.67. The van der Waals surface area contributed by atoms with Gasteiger partial charge in [-0.15, -0.1) is 0 Å². The topological polar surface area (TPSA) is 68.7 Å². The van der Waals surface area contributed by atoms with Crippen LogP contribution in [0.25, 0.3) is 10.9 Å². The molecular formula is C23H25ClF2N4O3. The number of hydrogen-bond acceptors (Lipinski definition) is 7. The molecule has 33 heavy (non-hydrogen) atoms. The number of nitrogens with zero attached hydrogens (tertiary/aromatic N) is 3. The highest BCUT2D eigenvalue weighted by Gasteiger charge is 2.32. The lowest BCUT2D eigenvalue weighted by molar-refractivity contribution is -0.100. The maximum absolute atomic E-state index is 14.4. The summed E-state index contributed by atoms with van der Waals surface area (Å²) >= 11 is 5.69. The quantitative estimate of drug-likeness (QED) is 0.510. The molecule has 0 radical (unpaired) electrons. The van der Waals surface area contributed by atoms with Crippen molar-refractivity contribution in [1.82, 2.24) is 14.9 Å². The van der Waals surface area contributed by atoms with Crippen LogP contribution in [0.2, 0.25) is 5.02 Å². The molecule has 3 aromatic rings. The van der Waals surface area contributed by atoms with Crippen LogP contribution in [0.1, 0.15) is 13.8 Å². The number of benzene rings is 2. The second kappa shape index (κ2) is 9.24. The summed E-state index contributed by atoms with van der Waals surface area (Å²) in [5.41, 5.74) is 0.521. The summed E-state index contributed by atoms with van der Waals surface area (Å²) in [5.74, 6) is -0.474. The van der Waals surface area contributed by atoms with E-state index in [0.717, 1.165) is 12.6 Å². The number of halogens is 3. The number of methoxy groups -OCH3 is 1. The smallest absolute Gasteiger partial charge is 0.168 e. The van der Waals surface area contributed by atoms with Crippen molar-refractivity contribution >= 4 is 34.0 Å². The highest BCUT2D eigenvalue weighted by molar-refractivity contribution is 6.31. The summed E-state index contributed by atoms with van der Waals surface area (Å²) < 4.78 is 45.3. The van der Waals surface area contributed by atoms with E-state index >= 15 is 0 Å². The summed E-state index contributed by atoms with van der Waals surface area (Å²) in [6.07, 6.45) is 1.25. The maximum atomic E-state index is 14.4. The second-order valence-electron chi connectivity index (χ2n) is 8.53. The largest absolute Gasteiger partial charge is 0.493 e. The van der Waals surface area contributed by atoms with Crippen molar-refractivity contribution in [2.24, 2.45) is 0 Å². The van der Waals surface area contributed by atoms with Gasteiger partial charge in [-0.1, -0.05) is 11.6 Å². The number of likely N-dealkylation sites (N-methyl/N-ethyl adjacent to an activating group) is 1. The number of morpholine rings is 1. The van der Waals surface area contributed by atoms with Crippen LogP contribution in [0.5, 0.6) is 11.5 Å². The molecular weight excluding hydrogens is 454 g/mol. The summed E-state index contributed by atoms with van der Waals surface area (Å²) in [6, 6.07) is 5.76. The van der Waals surface area contributed by atoms with E-state index in [1.165, 1.54) is 19.5 Å². The third-order valence-corrected chi connectivity index (χ3v) is 6.16. The van der Waals surface area contributed by atoms with Gasteiger partial charge in [0.2, 0.25) is 0 Å². The Hall–Kier alpha value is -2.75. The zero-order chi connectivity index (χ0) is 23.8. The molecule has 1 N–H and O–H groups in total. The predicted molar refractivity (Wildman–Crippen MR) is 123 cm³/mol. The van der Waals surface area contributed by atoms with E-state index in [0.29, 0.717) is 41.4 Å². The molecule has 4 rings (SSSR count). The molecule has 1 atom stereocenters. The Balaban J connectivity index is 1.58. The van der Waals surface area contributed by atoms with Gasteiger partial charge in [-0.05, 0) is 39.1 Å². The van der Waals surface area contributed by atoms with E-state index in [1.807, 2.05) is 0 Å². The van der Waals surface area contributed by atoms with Gasteiger partial charge < -0.3 is 19.5 Å². The molecule has 176 valence electrons. The number of aromatic nitrogens is 2. The molecule has 0 saturated carbocycles. The lowest BCUT2D eigenvalue weighted by atomic mass is 10.0. The standard InChI is InChI=1S/C23H25ClF2N4O3/c1-23(2)11-33-13(9-30(23)3)10-32-19-8-17-14(7-18(19)31-4)22(28-12-27-17)29-16-6-5-15(25)20(24)21(16)26/h5-8,12-13H,9-11H2,1-4H3,(H,27,28,29). The molecule has 1 saturated heterocycles. The van der Waals surface area contributed by atoms with Gasteiger partial charge in [0.25, 0.3) is 0 Å². The number of ether oxygens (including phenoxy) is 3. The van der Waals surface area contributed by atoms with Gasteiger partial charge in [0.1, 0.15) is 35.7 Å². The van der Waals surface area contributed by atoms with Crippen LogP contribution >= 0.6 is 11.6 Å². The van der Waals surface area contributed by atoms with Crippen molar-refractivity contribution in [1.29, 1.82) is 0 Å². The monoisotopic (exact) mass is 478 g/mol. The molecule has 1 aliphatic heterocycles. The first-order chi connectivity index (χ1) is 15.7. The van der Waals surface area contributed by atoms with Crippen molar-refractivity contribution < 1.29 is 23.0 Å². The molecule has 2 heterocycles. The Bertz CT molecular complexity index is 1180. The average Bonchev–Trinajstić information content (AvgIpc) is 2.79. The van der Waals surface area contributed by atoms with E-state index in [2.05, 4.69) is 41.1 Å². The first-order valence-electron chi connectivity index (χ1n) is 10.4. The minimum Gasteiger partial charge on any atom is -0.493 e. The first-order valence-corrected chi connectivity index (χ1v) is 10.8. The normalized spacial score (nSPS) is 18.3. The molecule has 1 aliphatic rings. The van der Waals surface area contributed by atoms with Crippen LogP contribution in [0.3, 0.4) is 0 Å². The fourth-order valence-electron chi connectivity index (χ4n) is 3.51. The van der Waals surface area contributed by atoms with Crippen molar-refractivity contribution in [3.8, 4) is 11.5 Å². The van der Waals surface area contributed by atoms with Crippen molar-refractivity contribution in [3.05, 3.63) is 47.2 Å². The predicted octanol–water partition coefficient (Wildman–Crippen LogP) is 4.80. The van der Waals surface area contributed by atoms with Crippen molar-refractivity contribution in [2.75, 3.05) is 39.2 Å². The number of anilines is 2. The number of rotatable bonds is 6. The molecule has 7 nitrogen and oxygen atoms in total. The van der Waals surface area contributed by atoms with Gasteiger partial charge in [0.15, 0.2) is 17.3 Å². The fraction of sp³-hybridized carbons (Fsp3) is 0.391. The van der Waals surface area contributed by atoms with Crippen LogP contribution in [0.4, 0.5) is 20.3 Å². The Morgan fingerprint density at radius 1 is 1.24 bits per heavy atom. The number of fused-ring (bicyclic) bond motifs is 1. The van der Waals surface area contributed by atoms with E-state index in [1.54, 1.807) is 12.1 Å². The molecule has 0 bridgehead atoms. The van der Waals surface area contributed by atoms with Gasteiger partial charge in [-0.2, -0.15) is 0 Å². The number of hydrogen-bond donors (Lipinski definition) is 1. The van der Waals surface area contributed by atoms with Gasteiger partial charge in [-0.25, -0.2) is 18.7 Å². The van der Waals surface area contributed by atoms with Gasteiger partial charge in [-0.3, -0.25) is 4.90 Å². The van der Waals surface area contributed by atoms with E-state index in [-0.39, 0.29) is 17.3 Å². The molecule has 10 heteroatoms. The van der Waals surface area contributed by atoms with Crippen LogP contribution in [0.15, 0.2) is 30.6 Å². The summed E-state index contributed by atoms with van der Waals surface area (Å²) in [7, 11) is 3.59. The minimum atomic E-state index is -0.907. The first kappa shape index (κ1) is 23.4. The highest BCUT2D eigenvalue weighted by atomic mass is 35.5. The third kappa shape index (κ3) is 4.80. The minimum absolute atomic E-state index is 0.0119. The van der Waals surface area contributed by atoms with Gasteiger partial charge >= 0.3 is 0 Å². The summed E-state index contributed by atoms with van der Waals surface area (Å²) in [5, 5.41) is 2.83. The molecule has 0 spiro atoms. The van der Waals surface area contributed by atoms with E-state index in [9.17, 15) is 8.78 Å². The molecule has 0 aliphatic carbocycles. The second-order valence-corrected chi connectivity index (χ2v) is 8.91. The third-order valence-electron chi connectivity index (χ3n) is 5.82. The van der Waals surface area contributed by atoms with Crippen LogP contribution in [-0.4, -0.2) is 60.4 Å². The van der Waals surface area contributed by atoms with E-state index < -0.39 is 16.7 Å². The number of nitrogens with one attached hydrogen (secondary N) is 1. The van der Waals surface area contributed by atoms with Gasteiger partial charge in [0, 0.05) is 23.5 Å². The van der Waals surface area contributed by atoms with Crippen LogP contribution in [0, 0.1) is 11.6 Å². The summed E-state index contributed by atoms with van der Waals surface area (Å²) in [4.78, 5) is 10.7. The Labute approximate surface area is 195 Å². The SMILES string of the molecule is COc1cc2c(Nc3ccc(F)c(Cl)c3F)ncnc2cc1OCC1CN(C)C(C)(C)CO1. The van der Waals surface area contributed by atoms with Gasteiger partial charge in [0.05, 0.1) is 24.9 Å². The lowest BCUT2D eigenvalue weighted by Crippen LogP contribution is -2.55.